The molecule has 1 heterocycles. The first-order valence-corrected chi connectivity index (χ1v) is 11.8. The number of aromatic nitrogens is 1. The molecular formula is C30H26F3NO3. The lowest BCUT2D eigenvalue weighted by atomic mass is 9.96. The van der Waals surface area contributed by atoms with Gasteiger partial charge in [-0.25, -0.2) is 0 Å². The minimum atomic E-state index is -4.35. The van der Waals surface area contributed by atoms with Gasteiger partial charge in [-0.15, -0.1) is 5.92 Å². The maximum absolute atomic E-state index is 12.9. The molecule has 1 N–H and O–H groups in total. The van der Waals surface area contributed by atoms with E-state index in [1.54, 1.807) is 6.92 Å². The highest BCUT2D eigenvalue weighted by Gasteiger charge is 2.29. The van der Waals surface area contributed by atoms with Crippen molar-refractivity contribution in [2.45, 2.75) is 45.5 Å². The fourth-order valence-corrected chi connectivity index (χ4v) is 4.37. The van der Waals surface area contributed by atoms with Crippen molar-refractivity contribution in [3.63, 3.8) is 0 Å². The second-order valence-corrected chi connectivity index (χ2v) is 8.83. The van der Waals surface area contributed by atoms with Gasteiger partial charge in [-0.1, -0.05) is 42.3 Å². The Bertz CT molecular complexity index is 1460. The van der Waals surface area contributed by atoms with Gasteiger partial charge in [0, 0.05) is 12.7 Å². The first-order valence-electron chi connectivity index (χ1n) is 11.8. The Balaban J connectivity index is 1.49. The van der Waals surface area contributed by atoms with E-state index in [-0.39, 0.29) is 12.3 Å². The van der Waals surface area contributed by atoms with E-state index >= 15 is 0 Å². The molecular weight excluding hydrogens is 479 g/mol. The van der Waals surface area contributed by atoms with E-state index < -0.39 is 17.7 Å². The summed E-state index contributed by atoms with van der Waals surface area (Å²) in [4.78, 5) is 11.1. The lowest BCUT2D eigenvalue weighted by Crippen LogP contribution is -2.06. The standard InChI is InChI=1S/C30H26F3NO3/c1-3-4-24(17-28(35)36)22-9-13-27(14-10-22)37-19-25-8-7-23-15-16-34(29(23)20(25)2)18-21-5-11-26(12-6-21)30(31,32)33/h5-16,24H,17-19H2,1-2H3,(H,35,36)/t24-/m0/s1. The first-order chi connectivity index (χ1) is 17.7. The summed E-state index contributed by atoms with van der Waals surface area (Å²) in [6.45, 7) is 4.48. The summed E-state index contributed by atoms with van der Waals surface area (Å²) in [6, 6.07) is 18.5. The summed E-state index contributed by atoms with van der Waals surface area (Å²) < 4.78 is 46.7. The second-order valence-electron chi connectivity index (χ2n) is 8.83. The number of alkyl halides is 3. The Morgan fingerprint density at radius 2 is 1.73 bits per heavy atom. The number of hydrogen-bond donors (Lipinski definition) is 1. The normalized spacial score (nSPS) is 12.1. The molecule has 7 heteroatoms. The van der Waals surface area contributed by atoms with Crippen molar-refractivity contribution in [2.75, 3.05) is 0 Å². The quantitative estimate of drug-likeness (QED) is 0.258. The van der Waals surface area contributed by atoms with Crippen LogP contribution in [0.4, 0.5) is 13.2 Å². The highest BCUT2D eigenvalue weighted by Crippen LogP contribution is 2.30. The number of rotatable bonds is 8. The van der Waals surface area contributed by atoms with Gasteiger partial charge in [0.15, 0.2) is 0 Å². The van der Waals surface area contributed by atoms with Crippen LogP contribution in [0.2, 0.25) is 0 Å². The van der Waals surface area contributed by atoms with Crippen molar-refractivity contribution >= 4 is 16.9 Å². The predicted molar refractivity (Wildman–Crippen MR) is 136 cm³/mol. The predicted octanol–water partition coefficient (Wildman–Crippen LogP) is 7.18. The van der Waals surface area contributed by atoms with Crippen molar-refractivity contribution in [1.82, 2.24) is 4.57 Å². The molecule has 4 nitrogen and oxygen atoms in total. The van der Waals surface area contributed by atoms with E-state index in [4.69, 9.17) is 9.84 Å². The van der Waals surface area contributed by atoms with Crippen molar-refractivity contribution < 1.29 is 27.8 Å². The van der Waals surface area contributed by atoms with Gasteiger partial charge in [0.05, 0.1) is 23.4 Å². The number of aryl methyl sites for hydroxylation is 1. The fourth-order valence-electron chi connectivity index (χ4n) is 4.37. The van der Waals surface area contributed by atoms with E-state index in [0.29, 0.717) is 18.9 Å². The topological polar surface area (TPSA) is 51.5 Å². The molecule has 0 unspecified atom stereocenters. The summed E-state index contributed by atoms with van der Waals surface area (Å²) in [7, 11) is 0. The molecule has 3 aromatic carbocycles. The van der Waals surface area contributed by atoms with Crippen LogP contribution >= 0.6 is 0 Å². The van der Waals surface area contributed by atoms with Gasteiger partial charge < -0.3 is 14.4 Å². The van der Waals surface area contributed by atoms with Crippen molar-refractivity contribution in [1.29, 1.82) is 0 Å². The maximum atomic E-state index is 12.9. The zero-order chi connectivity index (χ0) is 26.6. The van der Waals surface area contributed by atoms with E-state index in [0.717, 1.165) is 45.3 Å². The van der Waals surface area contributed by atoms with Crippen LogP contribution < -0.4 is 4.74 Å². The Labute approximate surface area is 213 Å². The molecule has 0 saturated heterocycles. The third kappa shape index (κ3) is 6.15. The van der Waals surface area contributed by atoms with Crippen LogP contribution in [0.15, 0.2) is 72.9 Å². The molecule has 4 rings (SSSR count). The van der Waals surface area contributed by atoms with Gasteiger partial charge in [-0.3, -0.25) is 4.79 Å². The molecule has 4 aromatic rings. The summed E-state index contributed by atoms with van der Waals surface area (Å²) in [5.74, 6) is 5.10. The number of aliphatic carboxylic acids is 1. The first kappa shape index (κ1) is 25.9. The molecule has 1 aromatic heterocycles. The minimum Gasteiger partial charge on any atom is -0.489 e. The fraction of sp³-hybridized carbons (Fsp3) is 0.233. The van der Waals surface area contributed by atoms with E-state index in [1.807, 2.05) is 60.2 Å². The SMILES string of the molecule is CC#C[C@@H](CC(=O)O)c1ccc(OCc2ccc3ccn(Cc4ccc(C(F)(F)F)cc4)c3c2C)cc1. The molecule has 0 saturated carbocycles. The minimum absolute atomic E-state index is 0.0631. The van der Waals surface area contributed by atoms with Crippen LogP contribution in [-0.4, -0.2) is 15.6 Å². The molecule has 0 spiro atoms. The van der Waals surface area contributed by atoms with Gasteiger partial charge in [0.1, 0.15) is 12.4 Å². The second kappa shape index (κ2) is 10.8. The zero-order valence-electron chi connectivity index (χ0n) is 20.5. The number of carboxylic acid groups (broad SMARTS) is 1. The summed E-state index contributed by atoms with van der Waals surface area (Å²) in [6.07, 6.45) is -2.48. The number of ether oxygens (including phenoxy) is 1. The monoisotopic (exact) mass is 505 g/mol. The summed E-state index contributed by atoms with van der Waals surface area (Å²) in [5, 5.41) is 10.2. The molecule has 190 valence electrons. The zero-order valence-corrected chi connectivity index (χ0v) is 20.5. The van der Waals surface area contributed by atoms with Crippen LogP contribution in [0.1, 0.15) is 47.1 Å². The molecule has 1 atom stereocenters. The van der Waals surface area contributed by atoms with Crippen molar-refractivity contribution in [3.8, 4) is 17.6 Å². The lowest BCUT2D eigenvalue weighted by molar-refractivity contribution is -0.138. The molecule has 0 fully saturated rings. The third-order valence-corrected chi connectivity index (χ3v) is 6.30. The molecule has 37 heavy (non-hydrogen) atoms. The van der Waals surface area contributed by atoms with Crippen LogP contribution in [0, 0.1) is 18.8 Å². The highest BCUT2D eigenvalue weighted by atomic mass is 19.4. The van der Waals surface area contributed by atoms with Crippen LogP contribution in [0.5, 0.6) is 5.75 Å². The number of hydrogen-bond acceptors (Lipinski definition) is 2. The van der Waals surface area contributed by atoms with Gasteiger partial charge in [0.2, 0.25) is 0 Å². The van der Waals surface area contributed by atoms with Gasteiger partial charge in [-0.2, -0.15) is 13.2 Å². The third-order valence-electron chi connectivity index (χ3n) is 6.30. The number of nitrogens with zero attached hydrogens (tertiary/aromatic N) is 1. The van der Waals surface area contributed by atoms with Crippen LogP contribution in [0.3, 0.4) is 0 Å². The van der Waals surface area contributed by atoms with Gasteiger partial charge in [-0.05, 0) is 71.8 Å². The molecule has 0 bridgehead atoms. The largest absolute Gasteiger partial charge is 0.489 e. The Kier molecular flexibility index (Phi) is 7.58. The van der Waals surface area contributed by atoms with Crippen LogP contribution in [0.25, 0.3) is 10.9 Å². The van der Waals surface area contributed by atoms with Crippen LogP contribution in [-0.2, 0) is 24.1 Å². The van der Waals surface area contributed by atoms with Gasteiger partial charge >= 0.3 is 12.1 Å². The summed E-state index contributed by atoms with van der Waals surface area (Å²) in [5.41, 5.74) is 3.97. The van der Waals surface area contributed by atoms with Crippen molar-refractivity contribution in [3.05, 3.63) is 101 Å². The smallest absolute Gasteiger partial charge is 0.416 e. The summed E-state index contributed by atoms with van der Waals surface area (Å²) >= 11 is 0. The van der Waals surface area contributed by atoms with E-state index in [1.165, 1.54) is 12.1 Å². The van der Waals surface area contributed by atoms with Gasteiger partial charge in [0.25, 0.3) is 0 Å². The number of fused-ring (bicyclic) bond motifs is 1. The van der Waals surface area contributed by atoms with E-state index in [9.17, 15) is 18.0 Å². The van der Waals surface area contributed by atoms with Crippen molar-refractivity contribution in [2.24, 2.45) is 0 Å². The molecule has 0 aliphatic carbocycles. The molecule has 0 aliphatic rings. The lowest BCUT2D eigenvalue weighted by Gasteiger charge is -2.14. The Morgan fingerprint density at radius 1 is 1.03 bits per heavy atom. The highest BCUT2D eigenvalue weighted by molar-refractivity contribution is 5.84. The maximum Gasteiger partial charge on any atom is 0.416 e. The average molecular weight is 506 g/mol. The number of halogens is 3. The Morgan fingerprint density at radius 3 is 2.35 bits per heavy atom. The average Bonchev–Trinajstić information content (AvgIpc) is 3.26. The Hall–Kier alpha value is -4.18. The number of carboxylic acids is 1. The number of carbonyl (C=O) groups is 1. The number of benzene rings is 3. The molecule has 0 aliphatic heterocycles. The molecule has 0 radical (unpaired) electrons. The molecule has 0 amide bonds. The van der Waals surface area contributed by atoms with E-state index in [2.05, 4.69) is 11.8 Å².